The minimum atomic E-state index is -0.461. The average molecular weight is 719 g/mol. The van der Waals surface area contributed by atoms with E-state index in [4.69, 9.17) is 19.5 Å². The highest BCUT2D eigenvalue weighted by Crippen LogP contribution is 2.63. The van der Waals surface area contributed by atoms with E-state index in [-0.39, 0.29) is 22.3 Å². The van der Waals surface area contributed by atoms with Gasteiger partial charge in [0.2, 0.25) is 11.8 Å². The second kappa shape index (κ2) is 11.2. The van der Waals surface area contributed by atoms with Gasteiger partial charge in [0.25, 0.3) is 0 Å². The van der Waals surface area contributed by atoms with Crippen molar-refractivity contribution < 1.29 is 9.47 Å². The van der Waals surface area contributed by atoms with Gasteiger partial charge in [0.15, 0.2) is 0 Å². The lowest BCUT2D eigenvalue weighted by Gasteiger charge is -2.31. The molecule has 0 unspecified atom stereocenters. The lowest BCUT2D eigenvalue weighted by molar-refractivity contribution is 0.0618. The maximum atomic E-state index is 6.35. The molecule has 55 heavy (non-hydrogen) atoms. The number of ether oxygens (including phenoxy) is 2. The zero-order valence-electron chi connectivity index (χ0n) is 32.9. The van der Waals surface area contributed by atoms with Gasteiger partial charge in [-0.3, -0.25) is 0 Å². The SMILES string of the molecule is CC1(C)N=C(c2ccc(-c3ccc4c(c3)C3(c5ccccc5-c5ccccc53)c3cc(-c5ccc(C6=NC(C)(C)C(C)(C)O6)cc5)ccc3-4)cc2)OC1(C)C. The Bertz CT molecular complexity index is 2450. The first kappa shape index (κ1) is 33.8. The van der Waals surface area contributed by atoms with Gasteiger partial charge in [-0.25, -0.2) is 9.98 Å². The van der Waals surface area contributed by atoms with E-state index in [0.29, 0.717) is 11.8 Å². The zero-order chi connectivity index (χ0) is 38.1. The van der Waals surface area contributed by atoms with Crippen molar-refractivity contribution in [2.24, 2.45) is 9.98 Å². The van der Waals surface area contributed by atoms with Gasteiger partial charge in [0, 0.05) is 11.1 Å². The molecule has 4 heteroatoms. The molecule has 2 aliphatic carbocycles. The fourth-order valence-corrected chi connectivity index (χ4v) is 8.91. The van der Waals surface area contributed by atoms with Crippen molar-refractivity contribution >= 4 is 11.8 Å². The highest BCUT2D eigenvalue weighted by atomic mass is 16.5. The average Bonchev–Trinajstić information content (AvgIpc) is 3.79. The second-order valence-corrected chi connectivity index (χ2v) is 17.7. The molecule has 4 nitrogen and oxygen atoms in total. The predicted molar refractivity (Wildman–Crippen MR) is 225 cm³/mol. The highest BCUT2D eigenvalue weighted by molar-refractivity contribution is 5.99. The first-order chi connectivity index (χ1) is 26.2. The van der Waals surface area contributed by atoms with Crippen molar-refractivity contribution in [2.45, 2.75) is 83.1 Å². The number of nitrogens with zero attached hydrogens (tertiary/aromatic N) is 2. The van der Waals surface area contributed by atoms with E-state index in [0.717, 1.165) is 22.3 Å². The fraction of sp³-hybridized carbons (Fsp3) is 0.255. The van der Waals surface area contributed by atoms with Crippen LogP contribution in [-0.4, -0.2) is 34.1 Å². The number of hydrogen-bond donors (Lipinski definition) is 0. The Kier molecular flexibility index (Phi) is 6.86. The van der Waals surface area contributed by atoms with E-state index in [9.17, 15) is 0 Å². The Labute approximate surface area is 324 Å². The summed E-state index contributed by atoms with van der Waals surface area (Å²) in [6.45, 7) is 17.0. The normalized spacial score (nSPS) is 19.4. The molecule has 2 aliphatic heterocycles. The number of hydrogen-bond acceptors (Lipinski definition) is 4. The van der Waals surface area contributed by atoms with Crippen LogP contribution in [0.25, 0.3) is 44.5 Å². The monoisotopic (exact) mass is 718 g/mol. The van der Waals surface area contributed by atoms with Crippen molar-refractivity contribution in [2.75, 3.05) is 0 Å². The number of rotatable bonds is 4. The molecule has 272 valence electrons. The van der Waals surface area contributed by atoms with Gasteiger partial charge in [-0.15, -0.1) is 0 Å². The predicted octanol–water partition coefficient (Wildman–Crippen LogP) is 12.0. The van der Waals surface area contributed by atoms with Gasteiger partial charge in [-0.1, -0.05) is 97.1 Å². The molecule has 2 heterocycles. The fourth-order valence-electron chi connectivity index (χ4n) is 8.91. The molecule has 0 atom stereocenters. The molecule has 0 saturated heterocycles. The van der Waals surface area contributed by atoms with E-state index in [1.807, 2.05) is 0 Å². The Balaban J connectivity index is 1.10. The lowest BCUT2D eigenvalue weighted by Crippen LogP contribution is -2.41. The van der Waals surface area contributed by atoms with Crippen LogP contribution in [0.15, 0.2) is 143 Å². The lowest BCUT2D eigenvalue weighted by atomic mass is 9.70. The second-order valence-electron chi connectivity index (χ2n) is 17.7. The third-order valence-electron chi connectivity index (χ3n) is 13.4. The largest absolute Gasteiger partial charge is 0.469 e. The molecule has 0 N–H and O–H groups in total. The summed E-state index contributed by atoms with van der Waals surface area (Å²) < 4.78 is 12.7. The van der Waals surface area contributed by atoms with Crippen LogP contribution in [0.3, 0.4) is 0 Å². The Hall–Kier alpha value is -5.74. The minimum Gasteiger partial charge on any atom is -0.469 e. The van der Waals surface area contributed by atoms with Crippen LogP contribution in [0, 0.1) is 0 Å². The van der Waals surface area contributed by atoms with Crippen LogP contribution in [0.2, 0.25) is 0 Å². The van der Waals surface area contributed by atoms with Crippen LogP contribution < -0.4 is 0 Å². The maximum Gasteiger partial charge on any atom is 0.217 e. The smallest absolute Gasteiger partial charge is 0.217 e. The summed E-state index contributed by atoms with van der Waals surface area (Å²) in [5, 5.41) is 0. The quantitative estimate of drug-likeness (QED) is 0.182. The van der Waals surface area contributed by atoms with E-state index in [2.05, 4.69) is 189 Å². The van der Waals surface area contributed by atoms with Crippen molar-refractivity contribution in [3.05, 3.63) is 167 Å². The van der Waals surface area contributed by atoms with Crippen LogP contribution in [0.4, 0.5) is 0 Å². The summed E-state index contributed by atoms with van der Waals surface area (Å²) in [6, 6.07) is 49.5. The molecule has 0 radical (unpaired) electrons. The maximum absolute atomic E-state index is 6.35. The first-order valence-corrected chi connectivity index (χ1v) is 19.5. The first-order valence-electron chi connectivity index (χ1n) is 19.5. The summed E-state index contributed by atoms with van der Waals surface area (Å²) in [4.78, 5) is 9.90. The molecular weight excluding hydrogens is 673 g/mol. The molecule has 0 amide bonds. The Morgan fingerprint density at radius 3 is 1.04 bits per heavy atom. The molecule has 0 aromatic heterocycles. The summed E-state index contributed by atoms with van der Waals surface area (Å²) in [5.41, 5.74) is 15.4. The summed E-state index contributed by atoms with van der Waals surface area (Å²) in [5.74, 6) is 1.42. The van der Waals surface area contributed by atoms with Gasteiger partial charge in [-0.2, -0.15) is 0 Å². The molecule has 4 aliphatic rings. The molecule has 6 aromatic rings. The van der Waals surface area contributed by atoms with E-state index in [1.165, 1.54) is 55.6 Å². The third kappa shape index (κ3) is 4.70. The summed E-state index contributed by atoms with van der Waals surface area (Å²) in [7, 11) is 0. The van der Waals surface area contributed by atoms with Gasteiger partial charge < -0.3 is 9.47 Å². The van der Waals surface area contributed by atoms with Crippen LogP contribution in [0.5, 0.6) is 0 Å². The Morgan fingerprint density at radius 2 is 0.673 bits per heavy atom. The highest BCUT2D eigenvalue weighted by Gasteiger charge is 2.52. The summed E-state index contributed by atoms with van der Waals surface area (Å²) >= 11 is 0. The van der Waals surface area contributed by atoms with Gasteiger partial charge in [0.05, 0.1) is 16.5 Å². The third-order valence-corrected chi connectivity index (χ3v) is 13.4. The molecule has 10 rings (SSSR count). The van der Waals surface area contributed by atoms with Crippen molar-refractivity contribution in [3.8, 4) is 44.5 Å². The van der Waals surface area contributed by atoms with Crippen molar-refractivity contribution in [1.29, 1.82) is 0 Å². The van der Waals surface area contributed by atoms with Gasteiger partial charge >= 0.3 is 0 Å². The van der Waals surface area contributed by atoms with E-state index < -0.39 is 5.41 Å². The van der Waals surface area contributed by atoms with Crippen molar-refractivity contribution in [1.82, 2.24) is 0 Å². The van der Waals surface area contributed by atoms with Gasteiger partial charge in [0.1, 0.15) is 11.2 Å². The van der Waals surface area contributed by atoms with Gasteiger partial charge in [-0.05, 0) is 159 Å². The zero-order valence-corrected chi connectivity index (χ0v) is 32.9. The molecule has 0 bridgehead atoms. The molecular formula is C51H46N2O2. The summed E-state index contributed by atoms with van der Waals surface area (Å²) in [6.07, 6.45) is 0. The van der Waals surface area contributed by atoms with E-state index in [1.54, 1.807) is 0 Å². The number of aliphatic imine (C=N–C) groups is 2. The standard InChI is InChI=1S/C51H46N2O2/c1-47(2)49(5,6)54-45(52-47)33-21-17-31(18-22-33)35-25-27-39-40-28-26-36(32-19-23-34(24-20-32)46-53-48(3,4)50(7,8)55-46)30-44(40)51(43(39)29-35)41-15-11-9-13-37(41)38-14-10-12-16-42(38)51/h9-30H,1-8H3. The molecule has 0 fully saturated rings. The number of benzene rings is 6. The van der Waals surface area contributed by atoms with E-state index >= 15 is 0 Å². The minimum absolute atomic E-state index is 0.296. The van der Waals surface area contributed by atoms with Crippen LogP contribution in [0.1, 0.15) is 88.8 Å². The van der Waals surface area contributed by atoms with Crippen LogP contribution >= 0.6 is 0 Å². The topological polar surface area (TPSA) is 43.2 Å². The molecule has 6 aromatic carbocycles. The van der Waals surface area contributed by atoms with Crippen molar-refractivity contribution in [3.63, 3.8) is 0 Å². The van der Waals surface area contributed by atoms with Crippen LogP contribution in [-0.2, 0) is 14.9 Å². The molecule has 0 saturated carbocycles. The Morgan fingerprint density at radius 1 is 0.345 bits per heavy atom. The number of fused-ring (bicyclic) bond motifs is 10. The molecule has 1 spiro atoms.